The lowest BCUT2D eigenvalue weighted by Crippen LogP contribution is -2.16. The molecule has 0 saturated carbocycles. The highest BCUT2D eigenvalue weighted by Crippen LogP contribution is 2.56. The van der Waals surface area contributed by atoms with Gasteiger partial charge < -0.3 is 0 Å². The molecule has 0 atom stereocenters. The van der Waals surface area contributed by atoms with Crippen LogP contribution in [0.3, 0.4) is 0 Å². The Morgan fingerprint density at radius 3 is 1.06 bits per heavy atom. The Labute approximate surface area is 268 Å². The highest BCUT2D eigenvalue weighted by molar-refractivity contribution is 6.29. The van der Waals surface area contributed by atoms with Crippen molar-refractivity contribution in [1.29, 1.82) is 31.6 Å². The molecule has 2 aromatic heterocycles. The first kappa shape index (κ1) is 33.8. The number of fused-ring (bicyclic) bond motifs is 2. The molecular formula is C28F10N12. The Bertz CT molecular complexity index is 2310. The molecule has 242 valence electrons. The van der Waals surface area contributed by atoms with Gasteiger partial charge in [-0.2, -0.15) is 86.6 Å². The van der Waals surface area contributed by atoms with Crippen LogP contribution in [0, 0.1) is 91.8 Å². The molecule has 0 N–H and O–H groups in total. The molecule has 0 bridgehead atoms. The van der Waals surface area contributed by atoms with Gasteiger partial charge in [0.15, 0.2) is 11.6 Å². The summed E-state index contributed by atoms with van der Waals surface area (Å²) in [5.74, 6) is -11.2. The van der Waals surface area contributed by atoms with Crippen LogP contribution in [0.4, 0.5) is 43.9 Å². The van der Waals surface area contributed by atoms with Gasteiger partial charge in [-0.15, -0.1) is 0 Å². The normalized spacial score (nSPS) is 13.4. The van der Waals surface area contributed by atoms with Crippen LogP contribution in [0.2, 0.25) is 0 Å². The molecule has 12 nitrogen and oxygen atoms in total. The van der Waals surface area contributed by atoms with Crippen LogP contribution in [0.25, 0.3) is 33.4 Å². The van der Waals surface area contributed by atoms with Crippen molar-refractivity contribution in [2.24, 2.45) is 0 Å². The number of nitriles is 6. The Morgan fingerprint density at radius 1 is 0.460 bits per heavy atom. The van der Waals surface area contributed by atoms with Crippen molar-refractivity contribution in [2.75, 3.05) is 0 Å². The zero-order valence-electron chi connectivity index (χ0n) is 23.1. The van der Waals surface area contributed by atoms with E-state index in [0.717, 1.165) is 0 Å². The summed E-state index contributed by atoms with van der Waals surface area (Å²) in [7, 11) is 0. The molecule has 2 heterocycles. The Kier molecular flexibility index (Phi) is 7.84. The van der Waals surface area contributed by atoms with Crippen molar-refractivity contribution in [2.45, 2.75) is 12.4 Å². The third-order valence-electron chi connectivity index (χ3n) is 6.72. The number of allylic oxidation sites excluding steroid dienone is 8. The minimum atomic E-state index is -5.49. The lowest BCUT2D eigenvalue weighted by atomic mass is 9.89. The Morgan fingerprint density at radius 2 is 0.780 bits per heavy atom. The van der Waals surface area contributed by atoms with Crippen molar-refractivity contribution in [3.8, 4) is 36.4 Å². The lowest BCUT2D eigenvalue weighted by molar-refractivity contribution is -0.146. The standard InChI is InChI=1S/C28F10N12/c29-19-13-9(5-43)15(21-45-23(27(33,34)35)49-25(31)47-21)11(7(1-39)2-40)17(13)20(30)18-12(8(3-41)4-42)16(10(6-44)14(18)19)22-46-24(28(36,37)38)50-26(32)48-22. The van der Waals surface area contributed by atoms with Gasteiger partial charge in [-0.3, -0.25) is 0 Å². The van der Waals surface area contributed by atoms with E-state index in [4.69, 9.17) is 0 Å². The molecule has 0 amide bonds. The number of rotatable bonds is 2. The van der Waals surface area contributed by atoms with E-state index >= 15 is 8.78 Å². The molecule has 0 radical (unpaired) electrons. The van der Waals surface area contributed by atoms with E-state index in [0.29, 0.717) is 0 Å². The van der Waals surface area contributed by atoms with Crippen molar-refractivity contribution in [3.05, 3.63) is 80.5 Å². The van der Waals surface area contributed by atoms with E-state index in [1.165, 1.54) is 36.4 Å². The van der Waals surface area contributed by atoms with Crippen LogP contribution < -0.4 is 0 Å². The minimum Gasteiger partial charge on any atom is -0.206 e. The maximum absolute atomic E-state index is 17.0. The average Bonchev–Trinajstić information content (AvgIpc) is 3.58. The predicted octanol–water partition coefficient (Wildman–Crippen LogP) is 5.15. The SMILES string of the molecule is N#CC(C#N)=C1C(c2nc(F)nc(C(F)(F)F)n2)=C(C#N)c2c(F)c3c(c(F)c21)C(=C(C#N)C#N)C(c1nc(F)nc(C(F)(F)F)n1)=C3C#N. The summed E-state index contributed by atoms with van der Waals surface area (Å²) in [6.07, 6.45) is -15.2. The summed E-state index contributed by atoms with van der Waals surface area (Å²) in [6.45, 7) is 0. The summed E-state index contributed by atoms with van der Waals surface area (Å²) in [5, 5.41) is 58.8. The van der Waals surface area contributed by atoms with Crippen LogP contribution >= 0.6 is 0 Å². The highest BCUT2D eigenvalue weighted by Gasteiger charge is 2.47. The highest BCUT2D eigenvalue weighted by atomic mass is 19.4. The number of halogens is 10. The van der Waals surface area contributed by atoms with Crippen LogP contribution in [0.15, 0.2) is 11.1 Å². The van der Waals surface area contributed by atoms with Gasteiger partial charge in [-0.1, -0.05) is 0 Å². The molecule has 0 aliphatic heterocycles. The van der Waals surface area contributed by atoms with Crippen LogP contribution in [0.5, 0.6) is 0 Å². The number of aromatic nitrogens is 6. The number of hydrogen-bond acceptors (Lipinski definition) is 12. The first-order chi connectivity index (χ1) is 23.5. The summed E-state index contributed by atoms with van der Waals surface area (Å²) in [5.41, 5.74) is -15.2. The second-order valence-electron chi connectivity index (χ2n) is 9.30. The van der Waals surface area contributed by atoms with E-state index in [1.54, 1.807) is 0 Å². The second kappa shape index (κ2) is 11.6. The zero-order valence-corrected chi connectivity index (χ0v) is 23.1. The number of nitrogens with zero attached hydrogens (tertiary/aromatic N) is 12. The van der Waals surface area contributed by atoms with Crippen LogP contribution in [0.1, 0.15) is 45.6 Å². The van der Waals surface area contributed by atoms with Gasteiger partial charge in [-0.05, 0) is 0 Å². The summed E-state index contributed by atoms with van der Waals surface area (Å²) in [4.78, 5) is 17.0. The van der Waals surface area contributed by atoms with Crippen molar-refractivity contribution in [1.82, 2.24) is 29.9 Å². The molecule has 1 aromatic carbocycles. The third-order valence-corrected chi connectivity index (χ3v) is 6.72. The molecule has 3 aromatic rings. The minimum absolute atomic E-state index is 1.21. The predicted molar refractivity (Wildman–Crippen MR) is 137 cm³/mol. The van der Waals surface area contributed by atoms with E-state index in [2.05, 4.69) is 29.9 Å². The van der Waals surface area contributed by atoms with Crippen molar-refractivity contribution in [3.63, 3.8) is 0 Å². The zero-order chi connectivity index (χ0) is 37.0. The van der Waals surface area contributed by atoms with E-state index in [1.807, 2.05) is 0 Å². The first-order valence-electron chi connectivity index (χ1n) is 12.4. The van der Waals surface area contributed by atoms with E-state index < -0.39 is 126 Å². The fourth-order valence-corrected chi connectivity index (χ4v) is 5.00. The van der Waals surface area contributed by atoms with Gasteiger partial charge in [0.2, 0.25) is 11.6 Å². The Hall–Kier alpha value is -7.56. The molecule has 5 rings (SSSR count). The average molecular weight is 694 g/mol. The largest absolute Gasteiger partial charge is 0.451 e. The molecular weight excluding hydrogens is 694 g/mol. The van der Waals surface area contributed by atoms with Gasteiger partial charge in [-0.25, -0.2) is 18.7 Å². The van der Waals surface area contributed by atoms with Gasteiger partial charge in [0.05, 0.1) is 11.1 Å². The molecule has 2 aliphatic rings. The summed E-state index contributed by atoms with van der Waals surface area (Å²) < 4.78 is 143. The molecule has 0 fully saturated rings. The topological polar surface area (TPSA) is 220 Å². The monoisotopic (exact) mass is 694 g/mol. The van der Waals surface area contributed by atoms with Gasteiger partial charge in [0.1, 0.15) is 59.2 Å². The molecule has 0 saturated heterocycles. The number of alkyl halides is 6. The number of hydrogen-bond donors (Lipinski definition) is 0. The second-order valence-corrected chi connectivity index (χ2v) is 9.30. The molecule has 0 spiro atoms. The van der Waals surface area contributed by atoms with Crippen LogP contribution in [-0.4, -0.2) is 29.9 Å². The molecule has 2 aliphatic carbocycles. The van der Waals surface area contributed by atoms with Gasteiger partial charge in [0, 0.05) is 44.5 Å². The first-order valence-corrected chi connectivity index (χ1v) is 12.4. The Balaban J connectivity index is 2.04. The van der Waals surface area contributed by atoms with Crippen molar-refractivity contribution < 1.29 is 43.9 Å². The summed E-state index contributed by atoms with van der Waals surface area (Å²) in [6, 6.07) is 7.53. The van der Waals surface area contributed by atoms with Crippen LogP contribution in [-0.2, 0) is 12.4 Å². The third kappa shape index (κ3) is 4.98. The maximum Gasteiger partial charge on any atom is 0.451 e. The molecule has 22 heteroatoms. The van der Waals surface area contributed by atoms with E-state index in [-0.39, 0.29) is 0 Å². The fourth-order valence-electron chi connectivity index (χ4n) is 5.00. The smallest absolute Gasteiger partial charge is 0.206 e. The van der Waals surface area contributed by atoms with Crippen molar-refractivity contribution >= 4 is 33.4 Å². The molecule has 0 unspecified atom stereocenters. The van der Waals surface area contributed by atoms with E-state index in [9.17, 15) is 66.7 Å². The quantitative estimate of drug-likeness (QED) is 0.251. The summed E-state index contributed by atoms with van der Waals surface area (Å²) >= 11 is 0. The molecule has 50 heavy (non-hydrogen) atoms. The fraction of sp³-hybridized carbons (Fsp3) is 0.0714. The van der Waals surface area contributed by atoms with Gasteiger partial charge in [0.25, 0.3) is 0 Å². The number of benzene rings is 1. The lowest BCUT2D eigenvalue weighted by Gasteiger charge is -2.14. The van der Waals surface area contributed by atoms with Gasteiger partial charge >= 0.3 is 24.5 Å². The maximum atomic E-state index is 17.0.